The van der Waals surface area contributed by atoms with Crippen LogP contribution in [0.1, 0.15) is 11.3 Å². The normalized spacial score (nSPS) is 10.6. The number of methoxy groups -OCH3 is 1. The van der Waals surface area contributed by atoms with Crippen molar-refractivity contribution in [3.05, 3.63) is 29.2 Å². The highest BCUT2D eigenvalue weighted by molar-refractivity contribution is 5.78. The highest BCUT2D eigenvalue weighted by Gasteiger charge is 2.15. The summed E-state index contributed by atoms with van der Waals surface area (Å²) in [5.74, 6) is 0.189. The van der Waals surface area contributed by atoms with Crippen molar-refractivity contribution in [1.29, 1.82) is 0 Å². The van der Waals surface area contributed by atoms with E-state index in [4.69, 9.17) is 10.5 Å². The number of hydrogen-bond acceptors (Lipinski definition) is 3. The zero-order valence-electron chi connectivity index (χ0n) is 9.97. The number of anilines is 1. The molecule has 0 fully saturated rings. The minimum atomic E-state index is -0.409. The summed E-state index contributed by atoms with van der Waals surface area (Å²) in [6, 6.07) is 3.07. The van der Waals surface area contributed by atoms with Crippen molar-refractivity contribution in [1.82, 2.24) is 10.2 Å². The zero-order valence-corrected chi connectivity index (χ0v) is 9.97. The number of aromatic amines is 1. The van der Waals surface area contributed by atoms with E-state index in [1.165, 1.54) is 13.2 Å². The minimum Gasteiger partial charge on any atom is -0.494 e. The first kappa shape index (κ1) is 11.4. The summed E-state index contributed by atoms with van der Waals surface area (Å²) in [5, 5.41) is 6.69. The third-order valence-electron chi connectivity index (χ3n) is 2.74. The van der Waals surface area contributed by atoms with Gasteiger partial charge in [0.25, 0.3) is 0 Å². The van der Waals surface area contributed by atoms with Gasteiger partial charge in [0.2, 0.25) is 0 Å². The fraction of sp³-hybridized carbons (Fsp3) is 0.250. The molecule has 90 valence electrons. The molecule has 0 radical (unpaired) electrons. The maximum absolute atomic E-state index is 13.7. The number of nitrogen functional groups attached to an aromatic ring is 1. The number of aromatic nitrogens is 2. The number of ether oxygens (including phenoxy) is 1. The molecule has 0 bridgehead atoms. The van der Waals surface area contributed by atoms with E-state index in [1.807, 2.05) is 13.8 Å². The van der Waals surface area contributed by atoms with Gasteiger partial charge in [-0.25, -0.2) is 4.39 Å². The van der Waals surface area contributed by atoms with Crippen LogP contribution in [0.25, 0.3) is 11.1 Å². The Morgan fingerprint density at radius 1 is 1.35 bits per heavy atom. The van der Waals surface area contributed by atoms with Crippen LogP contribution >= 0.6 is 0 Å². The van der Waals surface area contributed by atoms with Gasteiger partial charge in [0.1, 0.15) is 0 Å². The van der Waals surface area contributed by atoms with E-state index in [1.54, 1.807) is 6.07 Å². The van der Waals surface area contributed by atoms with Gasteiger partial charge in [-0.15, -0.1) is 0 Å². The van der Waals surface area contributed by atoms with Crippen molar-refractivity contribution in [2.45, 2.75) is 13.8 Å². The van der Waals surface area contributed by atoms with Crippen molar-refractivity contribution in [3.63, 3.8) is 0 Å². The molecule has 1 aromatic heterocycles. The summed E-state index contributed by atoms with van der Waals surface area (Å²) in [6.45, 7) is 3.73. The van der Waals surface area contributed by atoms with E-state index in [0.717, 1.165) is 22.4 Å². The lowest BCUT2D eigenvalue weighted by Gasteiger charge is -2.09. The van der Waals surface area contributed by atoms with Gasteiger partial charge >= 0.3 is 0 Å². The Hall–Kier alpha value is -2.04. The molecule has 0 unspecified atom stereocenters. The predicted octanol–water partition coefficient (Wildman–Crippen LogP) is 2.42. The summed E-state index contributed by atoms with van der Waals surface area (Å²) in [6.07, 6.45) is 0. The molecule has 0 saturated carbocycles. The summed E-state index contributed by atoms with van der Waals surface area (Å²) in [5.41, 5.74) is 8.94. The zero-order chi connectivity index (χ0) is 12.6. The number of rotatable bonds is 2. The molecule has 0 saturated heterocycles. The SMILES string of the molecule is COc1cc(C)c(-c2c(N)n[nH]c2C)cc1F. The van der Waals surface area contributed by atoms with Crippen LogP contribution in [0.3, 0.4) is 0 Å². The summed E-state index contributed by atoms with van der Waals surface area (Å²) in [4.78, 5) is 0. The van der Waals surface area contributed by atoms with Crippen LogP contribution in [0.5, 0.6) is 5.75 Å². The Balaban J connectivity index is 2.65. The average Bonchev–Trinajstić information content (AvgIpc) is 2.62. The molecule has 0 spiro atoms. The average molecular weight is 235 g/mol. The van der Waals surface area contributed by atoms with Crippen LogP contribution in [0.4, 0.5) is 10.2 Å². The number of nitrogens with two attached hydrogens (primary N) is 1. The van der Waals surface area contributed by atoms with E-state index in [0.29, 0.717) is 5.82 Å². The third kappa shape index (κ3) is 1.84. The molecule has 0 aliphatic heterocycles. The Kier molecular flexibility index (Phi) is 2.75. The summed E-state index contributed by atoms with van der Waals surface area (Å²) in [7, 11) is 1.44. The Morgan fingerprint density at radius 2 is 2.06 bits per heavy atom. The number of nitrogens with one attached hydrogen (secondary N) is 1. The minimum absolute atomic E-state index is 0.228. The van der Waals surface area contributed by atoms with E-state index in [2.05, 4.69) is 10.2 Å². The van der Waals surface area contributed by atoms with Crippen molar-refractivity contribution >= 4 is 5.82 Å². The molecule has 2 aromatic rings. The van der Waals surface area contributed by atoms with Crippen LogP contribution in [0, 0.1) is 19.7 Å². The molecule has 4 nitrogen and oxygen atoms in total. The number of aryl methyl sites for hydroxylation is 2. The van der Waals surface area contributed by atoms with Gasteiger partial charge in [-0.1, -0.05) is 0 Å². The van der Waals surface area contributed by atoms with Crippen molar-refractivity contribution in [3.8, 4) is 16.9 Å². The second-order valence-electron chi connectivity index (χ2n) is 3.91. The first-order chi connectivity index (χ1) is 8.04. The lowest BCUT2D eigenvalue weighted by Crippen LogP contribution is -1.95. The van der Waals surface area contributed by atoms with Gasteiger partial charge in [-0.05, 0) is 37.1 Å². The fourth-order valence-corrected chi connectivity index (χ4v) is 1.87. The van der Waals surface area contributed by atoms with Crippen molar-refractivity contribution in [2.24, 2.45) is 0 Å². The molecular formula is C12H14FN3O. The predicted molar refractivity (Wildman–Crippen MR) is 64.4 cm³/mol. The van der Waals surface area contributed by atoms with Gasteiger partial charge in [0.05, 0.1) is 7.11 Å². The molecular weight excluding hydrogens is 221 g/mol. The van der Waals surface area contributed by atoms with Gasteiger partial charge in [-0.2, -0.15) is 5.10 Å². The number of nitrogens with zero attached hydrogens (tertiary/aromatic N) is 1. The van der Waals surface area contributed by atoms with Crippen LogP contribution in [-0.2, 0) is 0 Å². The van der Waals surface area contributed by atoms with Gasteiger partial charge in [0.15, 0.2) is 17.4 Å². The highest BCUT2D eigenvalue weighted by atomic mass is 19.1. The molecule has 0 aliphatic carbocycles. The van der Waals surface area contributed by atoms with Gasteiger partial charge in [-0.3, -0.25) is 5.10 Å². The quantitative estimate of drug-likeness (QED) is 0.840. The highest BCUT2D eigenvalue weighted by Crippen LogP contribution is 2.33. The number of halogens is 1. The second kappa shape index (κ2) is 4.08. The van der Waals surface area contributed by atoms with Crippen LogP contribution in [-0.4, -0.2) is 17.3 Å². The standard InChI is InChI=1S/C12H14FN3O/c1-6-4-10(17-3)9(13)5-8(6)11-7(2)15-16-12(11)14/h4-5H,1-3H3,(H3,14,15,16). The van der Waals surface area contributed by atoms with E-state index in [-0.39, 0.29) is 5.75 Å². The third-order valence-corrected chi connectivity index (χ3v) is 2.74. The molecule has 0 aliphatic rings. The topological polar surface area (TPSA) is 63.9 Å². The molecule has 5 heteroatoms. The number of hydrogen-bond donors (Lipinski definition) is 2. The molecule has 1 heterocycles. The van der Waals surface area contributed by atoms with Crippen molar-refractivity contribution < 1.29 is 9.13 Å². The van der Waals surface area contributed by atoms with Gasteiger partial charge in [0, 0.05) is 11.3 Å². The van der Waals surface area contributed by atoms with E-state index >= 15 is 0 Å². The maximum Gasteiger partial charge on any atom is 0.165 e. The van der Waals surface area contributed by atoms with Crippen LogP contribution in [0.2, 0.25) is 0 Å². The molecule has 0 atom stereocenters. The second-order valence-corrected chi connectivity index (χ2v) is 3.91. The Bertz CT molecular complexity index is 544. The fourth-order valence-electron chi connectivity index (χ4n) is 1.87. The van der Waals surface area contributed by atoms with E-state index in [9.17, 15) is 4.39 Å². The number of benzene rings is 1. The lowest BCUT2D eigenvalue weighted by molar-refractivity contribution is 0.386. The van der Waals surface area contributed by atoms with Crippen molar-refractivity contribution in [2.75, 3.05) is 12.8 Å². The first-order valence-electron chi connectivity index (χ1n) is 5.19. The van der Waals surface area contributed by atoms with Crippen LogP contribution in [0.15, 0.2) is 12.1 Å². The monoisotopic (exact) mass is 235 g/mol. The van der Waals surface area contributed by atoms with E-state index < -0.39 is 5.82 Å². The Morgan fingerprint density at radius 3 is 2.59 bits per heavy atom. The Labute approximate surface area is 98.6 Å². The molecule has 17 heavy (non-hydrogen) atoms. The largest absolute Gasteiger partial charge is 0.494 e. The van der Waals surface area contributed by atoms with Crippen LogP contribution < -0.4 is 10.5 Å². The maximum atomic E-state index is 13.7. The van der Waals surface area contributed by atoms with Gasteiger partial charge < -0.3 is 10.5 Å². The molecule has 1 aromatic carbocycles. The molecule has 2 rings (SSSR count). The summed E-state index contributed by atoms with van der Waals surface area (Å²) >= 11 is 0. The molecule has 0 amide bonds. The summed E-state index contributed by atoms with van der Waals surface area (Å²) < 4.78 is 18.6. The molecule has 3 N–H and O–H groups in total. The number of H-pyrrole nitrogens is 1. The first-order valence-corrected chi connectivity index (χ1v) is 5.19. The lowest BCUT2D eigenvalue weighted by atomic mass is 10.00. The smallest absolute Gasteiger partial charge is 0.165 e.